The molecule has 5 nitrogen and oxygen atoms in total. The number of amides is 1. The summed E-state index contributed by atoms with van der Waals surface area (Å²) in [5.74, 6) is 0.705. The quantitative estimate of drug-likeness (QED) is 0.649. The maximum absolute atomic E-state index is 11.1. The first-order chi connectivity index (χ1) is 8.15. The van der Waals surface area contributed by atoms with Crippen molar-refractivity contribution in [2.75, 3.05) is 52.9 Å². The fraction of sp³-hybridized carbons (Fsp3) is 0.917. The van der Waals surface area contributed by atoms with Gasteiger partial charge in [0.25, 0.3) is 0 Å². The highest BCUT2D eigenvalue weighted by molar-refractivity contribution is 5.75. The van der Waals surface area contributed by atoms with Crippen molar-refractivity contribution in [1.82, 2.24) is 15.1 Å². The van der Waals surface area contributed by atoms with E-state index in [2.05, 4.69) is 22.0 Å². The van der Waals surface area contributed by atoms with Crippen molar-refractivity contribution in [3.63, 3.8) is 0 Å². The van der Waals surface area contributed by atoms with Crippen LogP contribution >= 0.6 is 0 Å². The molecule has 0 aliphatic carbocycles. The van der Waals surface area contributed by atoms with Crippen LogP contribution < -0.4 is 11.1 Å². The molecule has 1 unspecified atom stereocenters. The molecule has 5 heteroatoms. The van der Waals surface area contributed by atoms with Gasteiger partial charge in [0.15, 0.2) is 0 Å². The van der Waals surface area contributed by atoms with Gasteiger partial charge in [0, 0.05) is 52.7 Å². The van der Waals surface area contributed by atoms with Crippen LogP contribution in [0.2, 0.25) is 0 Å². The molecule has 1 fully saturated rings. The summed E-state index contributed by atoms with van der Waals surface area (Å²) in [4.78, 5) is 16.0. The van der Waals surface area contributed by atoms with Gasteiger partial charge in [-0.2, -0.15) is 0 Å². The van der Waals surface area contributed by atoms with Gasteiger partial charge in [-0.05, 0) is 12.5 Å². The minimum Gasteiger partial charge on any atom is -0.359 e. The van der Waals surface area contributed by atoms with E-state index in [1.807, 2.05) is 0 Å². The van der Waals surface area contributed by atoms with E-state index in [1.165, 1.54) is 0 Å². The van der Waals surface area contributed by atoms with E-state index in [0.29, 0.717) is 12.3 Å². The molecule has 1 saturated heterocycles. The zero-order valence-electron chi connectivity index (χ0n) is 11.1. The van der Waals surface area contributed by atoms with Crippen molar-refractivity contribution in [2.45, 2.75) is 13.3 Å². The molecule has 1 atom stereocenters. The molecule has 0 aromatic carbocycles. The Morgan fingerprint density at radius 2 is 1.88 bits per heavy atom. The second kappa shape index (κ2) is 7.63. The van der Waals surface area contributed by atoms with Crippen LogP contribution in [-0.4, -0.2) is 68.6 Å². The molecule has 0 aromatic heterocycles. The van der Waals surface area contributed by atoms with Gasteiger partial charge in [-0.25, -0.2) is 0 Å². The summed E-state index contributed by atoms with van der Waals surface area (Å²) in [6.45, 7) is 9.24. The topological polar surface area (TPSA) is 61.6 Å². The van der Waals surface area contributed by atoms with Gasteiger partial charge in [0.05, 0.1) is 0 Å². The highest BCUT2D eigenvalue weighted by atomic mass is 16.1. The normalized spacial score (nSPS) is 20.2. The van der Waals surface area contributed by atoms with E-state index in [-0.39, 0.29) is 5.91 Å². The first kappa shape index (κ1) is 14.4. The lowest BCUT2D eigenvalue weighted by Crippen LogP contribution is -2.48. The predicted octanol–water partition coefficient (Wildman–Crippen LogP) is -0.665. The van der Waals surface area contributed by atoms with E-state index >= 15 is 0 Å². The smallest absolute Gasteiger partial charge is 0.221 e. The van der Waals surface area contributed by atoms with Crippen molar-refractivity contribution in [3.05, 3.63) is 0 Å². The Labute approximate surface area is 104 Å². The summed E-state index contributed by atoms with van der Waals surface area (Å²) in [6, 6.07) is 0. The van der Waals surface area contributed by atoms with Gasteiger partial charge in [0.1, 0.15) is 0 Å². The second-order valence-electron chi connectivity index (χ2n) is 4.91. The van der Waals surface area contributed by atoms with Crippen molar-refractivity contribution in [3.8, 4) is 0 Å². The average Bonchev–Trinajstić information content (AvgIpc) is 2.37. The van der Waals surface area contributed by atoms with Gasteiger partial charge in [-0.3, -0.25) is 4.79 Å². The number of carbonyl (C=O) groups is 1. The van der Waals surface area contributed by atoms with Gasteiger partial charge in [0.2, 0.25) is 5.91 Å². The number of carbonyl (C=O) groups excluding carboxylic acids is 1. The third-order valence-electron chi connectivity index (χ3n) is 3.37. The van der Waals surface area contributed by atoms with Crippen molar-refractivity contribution in [1.29, 1.82) is 0 Å². The van der Waals surface area contributed by atoms with Crippen LogP contribution in [0, 0.1) is 5.92 Å². The highest BCUT2D eigenvalue weighted by Gasteiger charge is 2.18. The molecule has 1 heterocycles. The number of hydrogen-bond donors (Lipinski definition) is 2. The molecule has 1 aliphatic heterocycles. The third-order valence-corrected chi connectivity index (χ3v) is 3.37. The van der Waals surface area contributed by atoms with Crippen molar-refractivity contribution < 1.29 is 4.79 Å². The van der Waals surface area contributed by atoms with Crippen LogP contribution in [0.15, 0.2) is 0 Å². The first-order valence-electron chi connectivity index (χ1n) is 6.51. The van der Waals surface area contributed by atoms with E-state index in [0.717, 1.165) is 45.8 Å². The Hall–Kier alpha value is -0.650. The van der Waals surface area contributed by atoms with Crippen LogP contribution in [-0.2, 0) is 4.79 Å². The Balaban J connectivity index is 2.15. The summed E-state index contributed by atoms with van der Waals surface area (Å²) in [5, 5.41) is 2.66. The zero-order valence-corrected chi connectivity index (χ0v) is 11.1. The lowest BCUT2D eigenvalue weighted by Gasteiger charge is -2.35. The molecule has 1 amide bonds. The molecule has 0 radical (unpaired) electrons. The van der Waals surface area contributed by atoms with Crippen LogP contribution in [0.1, 0.15) is 13.3 Å². The Kier molecular flexibility index (Phi) is 6.47. The number of nitrogens with one attached hydrogen (secondary N) is 1. The molecular weight excluding hydrogens is 216 g/mol. The van der Waals surface area contributed by atoms with E-state index in [1.54, 1.807) is 7.05 Å². The van der Waals surface area contributed by atoms with Crippen molar-refractivity contribution >= 4 is 5.91 Å². The fourth-order valence-corrected chi connectivity index (χ4v) is 2.10. The standard InChI is InChI=1S/C12H26N4O/c1-11(9-13)10-16-7-5-15(6-8-16)4-3-12(17)14-2/h11H,3-10,13H2,1-2H3,(H,14,17). The summed E-state index contributed by atoms with van der Waals surface area (Å²) >= 11 is 0. The SMILES string of the molecule is CNC(=O)CCN1CCN(CC(C)CN)CC1. The van der Waals surface area contributed by atoms with Gasteiger partial charge in [-0.1, -0.05) is 6.92 Å². The molecule has 1 rings (SSSR count). The van der Waals surface area contributed by atoms with Gasteiger partial charge < -0.3 is 20.9 Å². The largest absolute Gasteiger partial charge is 0.359 e. The minimum atomic E-state index is 0.129. The highest BCUT2D eigenvalue weighted by Crippen LogP contribution is 2.05. The molecule has 1 aliphatic rings. The summed E-state index contributed by atoms with van der Waals surface area (Å²) in [6.07, 6.45) is 0.607. The van der Waals surface area contributed by atoms with Crippen LogP contribution in [0.3, 0.4) is 0 Å². The summed E-state index contributed by atoms with van der Waals surface area (Å²) in [7, 11) is 1.69. The second-order valence-corrected chi connectivity index (χ2v) is 4.91. The van der Waals surface area contributed by atoms with Crippen LogP contribution in [0.25, 0.3) is 0 Å². The van der Waals surface area contributed by atoms with E-state index in [4.69, 9.17) is 5.73 Å². The molecule has 100 valence electrons. The van der Waals surface area contributed by atoms with Crippen molar-refractivity contribution in [2.24, 2.45) is 11.7 Å². The average molecular weight is 242 g/mol. The number of piperazine rings is 1. The number of nitrogens with two attached hydrogens (primary N) is 1. The number of rotatable bonds is 6. The molecular formula is C12H26N4O. The Morgan fingerprint density at radius 3 is 2.41 bits per heavy atom. The third kappa shape index (κ3) is 5.48. The van der Waals surface area contributed by atoms with Crippen LogP contribution in [0.4, 0.5) is 0 Å². The monoisotopic (exact) mass is 242 g/mol. The maximum Gasteiger partial charge on any atom is 0.221 e. The van der Waals surface area contributed by atoms with Crippen LogP contribution in [0.5, 0.6) is 0 Å². The summed E-state index contributed by atoms with van der Waals surface area (Å²) in [5.41, 5.74) is 5.63. The zero-order chi connectivity index (χ0) is 12.7. The summed E-state index contributed by atoms with van der Waals surface area (Å²) < 4.78 is 0. The lowest BCUT2D eigenvalue weighted by atomic mass is 10.1. The molecule has 17 heavy (non-hydrogen) atoms. The molecule has 0 spiro atoms. The predicted molar refractivity (Wildman–Crippen MR) is 69.8 cm³/mol. The Morgan fingerprint density at radius 1 is 1.29 bits per heavy atom. The number of hydrogen-bond acceptors (Lipinski definition) is 4. The number of nitrogens with zero attached hydrogens (tertiary/aromatic N) is 2. The van der Waals surface area contributed by atoms with E-state index in [9.17, 15) is 4.79 Å². The minimum absolute atomic E-state index is 0.129. The van der Waals surface area contributed by atoms with E-state index < -0.39 is 0 Å². The molecule has 3 N–H and O–H groups in total. The molecule has 0 saturated carbocycles. The molecule has 0 bridgehead atoms. The molecule has 0 aromatic rings. The fourth-order valence-electron chi connectivity index (χ4n) is 2.10. The lowest BCUT2D eigenvalue weighted by molar-refractivity contribution is -0.121. The van der Waals surface area contributed by atoms with Gasteiger partial charge in [-0.15, -0.1) is 0 Å². The first-order valence-corrected chi connectivity index (χ1v) is 6.51. The maximum atomic E-state index is 11.1. The van der Waals surface area contributed by atoms with Gasteiger partial charge >= 0.3 is 0 Å². The Bertz CT molecular complexity index is 227.